The zero-order valence-corrected chi connectivity index (χ0v) is 12.8. The molecule has 0 aliphatic carbocycles. The second-order valence-electron chi connectivity index (χ2n) is 4.94. The highest BCUT2D eigenvalue weighted by atomic mass is 16.6. The van der Waals surface area contributed by atoms with Gasteiger partial charge in [0.25, 0.3) is 0 Å². The van der Waals surface area contributed by atoms with Crippen molar-refractivity contribution in [3.8, 4) is 22.6 Å². The smallest absolute Gasteiger partial charge is 0.127 e. The maximum Gasteiger partial charge on any atom is 0.127 e. The van der Waals surface area contributed by atoms with Crippen LogP contribution in [0.15, 0.2) is 84.0 Å². The van der Waals surface area contributed by atoms with Gasteiger partial charge in [-0.15, -0.1) is 0 Å². The van der Waals surface area contributed by atoms with E-state index in [9.17, 15) is 0 Å². The topological polar surface area (TPSA) is 30.8 Å². The number of ether oxygens (including phenoxy) is 1. The van der Waals surface area contributed by atoms with Crippen LogP contribution < -0.4 is 4.74 Å². The first-order chi connectivity index (χ1) is 11.4. The predicted octanol–water partition coefficient (Wildman–Crippen LogP) is 5.13. The van der Waals surface area contributed by atoms with Crippen LogP contribution in [0.2, 0.25) is 0 Å². The molecule has 3 heteroatoms. The molecule has 0 radical (unpaired) electrons. The van der Waals surface area contributed by atoms with Gasteiger partial charge < -0.3 is 9.57 Å². The molecule has 23 heavy (non-hydrogen) atoms. The van der Waals surface area contributed by atoms with Gasteiger partial charge in [0.1, 0.15) is 18.6 Å². The highest BCUT2D eigenvalue weighted by Gasteiger charge is 2.04. The SMILES string of the molecule is CO/N=C/c1ccccc1-c1ccc(Oc2ccccc2)cc1. The third kappa shape index (κ3) is 3.77. The Kier molecular flexibility index (Phi) is 4.69. The molecule has 0 unspecified atom stereocenters. The first kappa shape index (κ1) is 14.9. The molecule has 3 aromatic carbocycles. The molecule has 0 fully saturated rings. The lowest BCUT2D eigenvalue weighted by molar-refractivity contribution is 0.215. The Morgan fingerprint density at radius 3 is 2.13 bits per heavy atom. The lowest BCUT2D eigenvalue weighted by Gasteiger charge is -2.08. The molecule has 3 nitrogen and oxygen atoms in total. The van der Waals surface area contributed by atoms with E-state index in [0.717, 1.165) is 28.2 Å². The lowest BCUT2D eigenvalue weighted by atomic mass is 10.0. The molecule has 0 saturated heterocycles. The van der Waals surface area contributed by atoms with E-state index < -0.39 is 0 Å². The van der Waals surface area contributed by atoms with Gasteiger partial charge in [0, 0.05) is 5.56 Å². The molecule has 0 saturated carbocycles. The summed E-state index contributed by atoms with van der Waals surface area (Å²) in [6.45, 7) is 0. The van der Waals surface area contributed by atoms with Crippen LogP contribution in [0.1, 0.15) is 5.56 Å². The van der Waals surface area contributed by atoms with Crippen molar-refractivity contribution in [2.75, 3.05) is 7.11 Å². The van der Waals surface area contributed by atoms with E-state index in [1.165, 1.54) is 7.11 Å². The summed E-state index contributed by atoms with van der Waals surface area (Å²) in [6, 6.07) is 25.8. The Morgan fingerprint density at radius 1 is 0.739 bits per heavy atom. The molecule has 3 rings (SSSR count). The minimum absolute atomic E-state index is 0.808. The molecular weight excluding hydrogens is 286 g/mol. The molecule has 0 amide bonds. The highest BCUT2D eigenvalue weighted by Crippen LogP contribution is 2.27. The zero-order valence-electron chi connectivity index (χ0n) is 12.8. The summed E-state index contributed by atoms with van der Waals surface area (Å²) in [5.74, 6) is 1.64. The van der Waals surface area contributed by atoms with Crippen molar-refractivity contribution in [2.24, 2.45) is 5.16 Å². The summed E-state index contributed by atoms with van der Waals surface area (Å²) in [7, 11) is 1.54. The number of benzene rings is 3. The van der Waals surface area contributed by atoms with E-state index in [1.54, 1.807) is 6.21 Å². The number of rotatable bonds is 5. The maximum absolute atomic E-state index is 5.82. The number of oxime groups is 1. The number of hydrogen-bond acceptors (Lipinski definition) is 3. The molecule has 0 heterocycles. The van der Waals surface area contributed by atoms with Gasteiger partial charge in [-0.1, -0.05) is 59.8 Å². The van der Waals surface area contributed by atoms with E-state index in [0.29, 0.717) is 0 Å². The molecule has 0 bridgehead atoms. The summed E-state index contributed by atoms with van der Waals surface area (Å²) in [6.07, 6.45) is 1.71. The van der Waals surface area contributed by atoms with Crippen molar-refractivity contribution in [1.29, 1.82) is 0 Å². The molecule has 0 N–H and O–H groups in total. The van der Waals surface area contributed by atoms with Gasteiger partial charge in [0.15, 0.2) is 0 Å². The fourth-order valence-electron chi connectivity index (χ4n) is 2.31. The summed E-state index contributed by atoms with van der Waals surface area (Å²) < 4.78 is 5.82. The van der Waals surface area contributed by atoms with Crippen molar-refractivity contribution < 1.29 is 9.57 Å². The predicted molar refractivity (Wildman–Crippen MR) is 93.0 cm³/mol. The molecule has 0 aliphatic rings. The molecule has 0 atom stereocenters. The lowest BCUT2D eigenvalue weighted by Crippen LogP contribution is -1.89. The normalized spacial score (nSPS) is 10.7. The second kappa shape index (κ2) is 7.27. The van der Waals surface area contributed by atoms with E-state index in [4.69, 9.17) is 9.57 Å². The van der Waals surface area contributed by atoms with Crippen molar-refractivity contribution in [2.45, 2.75) is 0 Å². The average Bonchev–Trinajstić information content (AvgIpc) is 2.62. The number of hydrogen-bond donors (Lipinski definition) is 0. The van der Waals surface area contributed by atoms with Crippen LogP contribution in [-0.4, -0.2) is 13.3 Å². The largest absolute Gasteiger partial charge is 0.457 e. The summed E-state index contributed by atoms with van der Waals surface area (Å²) in [4.78, 5) is 4.77. The Balaban J connectivity index is 1.84. The van der Waals surface area contributed by atoms with Gasteiger partial charge in [-0.3, -0.25) is 0 Å². The van der Waals surface area contributed by atoms with E-state index >= 15 is 0 Å². The average molecular weight is 303 g/mol. The standard InChI is InChI=1S/C20H17NO2/c1-22-21-15-17-7-5-6-10-20(17)16-11-13-19(14-12-16)23-18-8-3-2-4-9-18/h2-15H,1H3/b21-15+. The molecule has 0 aromatic heterocycles. The first-order valence-electron chi connectivity index (χ1n) is 7.36. The van der Waals surface area contributed by atoms with Gasteiger partial charge in [0.2, 0.25) is 0 Å². The van der Waals surface area contributed by atoms with Crippen LogP contribution in [0.25, 0.3) is 11.1 Å². The summed E-state index contributed by atoms with van der Waals surface area (Å²) >= 11 is 0. The Morgan fingerprint density at radius 2 is 1.39 bits per heavy atom. The van der Waals surface area contributed by atoms with Crippen LogP contribution >= 0.6 is 0 Å². The fraction of sp³-hybridized carbons (Fsp3) is 0.0500. The number of para-hydroxylation sites is 1. The van der Waals surface area contributed by atoms with Gasteiger partial charge in [-0.25, -0.2) is 0 Å². The van der Waals surface area contributed by atoms with Crippen molar-refractivity contribution in [1.82, 2.24) is 0 Å². The van der Waals surface area contributed by atoms with E-state index in [2.05, 4.69) is 11.2 Å². The van der Waals surface area contributed by atoms with Crippen LogP contribution in [-0.2, 0) is 4.84 Å². The maximum atomic E-state index is 5.82. The Hall–Kier alpha value is -3.07. The highest BCUT2D eigenvalue weighted by molar-refractivity contribution is 5.90. The van der Waals surface area contributed by atoms with Crippen LogP contribution in [0.5, 0.6) is 11.5 Å². The molecule has 114 valence electrons. The summed E-state index contributed by atoms with van der Waals surface area (Å²) in [5, 5.41) is 3.85. The molecule has 0 aliphatic heterocycles. The van der Waals surface area contributed by atoms with Crippen molar-refractivity contribution in [3.05, 3.63) is 84.4 Å². The molecule has 3 aromatic rings. The zero-order chi connectivity index (χ0) is 15.9. The molecular formula is C20H17NO2. The quantitative estimate of drug-likeness (QED) is 0.483. The second-order valence-corrected chi connectivity index (χ2v) is 4.94. The first-order valence-corrected chi connectivity index (χ1v) is 7.36. The van der Waals surface area contributed by atoms with Gasteiger partial charge >= 0.3 is 0 Å². The third-order valence-corrected chi connectivity index (χ3v) is 3.40. The minimum atomic E-state index is 0.808. The molecule has 0 spiro atoms. The van der Waals surface area contributed by atoms with Crippen molar-refractivity contribution >= 4 is 6.21 Å². The van der Waals surface area contributed by atoms with Crippen LogP contribution in [0, 0.1) is 0 Å². The fourth-order valence-corrected chi connectivity index (χ4v) is 2.31. The third-order valence-electron chi connectivity index (χ3n) is 3.40. The monoisotopic (exact) mass is 303 g/mol. The summed E-state index contributed by atoms with van der Waals surface area (Å²) in [5.41, 5.74) is 3.20. The Labute approximate surface area is 135 Å². The van der Waals surface area contributed by atoms with Crippen molar-refractivity contribution in [3.63, 3.8) is 0 Å². The van der Waals surface area contributed by atoms with E-state index in [1.807, 2.05) is 72.8 Å². The minimum Gasteiger partial charge on any atom is -0.457 e. The van der Waals surface area contributed by atoms with Gasteiger partial charge in [-0.05, 0) is 35.4 Å². The Bertz CT molecular complexity index is 780. The van der Waals surface area contributed by atoms with Crippen LogP contribution in [0.4, 0.5) is 0 Å². The van der Waals surface area contributed by atoms with Gasteiger partial charge in [-0.2, -0.15) is 0 Å². The number of nitrogens with zero attached hydrogens (tertiary/aromatic N) is 1. The van der Waals surface area contributed by atoms with E-state index in [-0.39, 0.29) is 0 Å². The van der Waals surface area contributed by atoms with Crippen LogP contribution in [0.3, 0.4) is 0 Å². The van der Waals surface area contributed by atoms with Gasteiger partial charge in [0.05, 0.1) is 6.21 Å².